The highest BCUT2D eigenvalue weighted by molar-refractivity contribution is 5.92. The van der Waals surface area contributed by atoms with Gasteiger partial charge in [0.2, 0.25) is 0 Å². The zero-order valence-corrected chi connectivity index (χ0v) is 13.5. The Hall–Kier alpha value is -1.69. The van der Waals surface area contributed by atoms with E-state index < -0.39 is 0 Å². The summed E-state index contributed by atoms with van der Waals surface area (Å²) < 4.78 is 0. The van der Waals surface area contributed by atoms with E-state index in [1.54, 1.807) is 6.20 Å². The van der Waals surface area contributed by atoms with E-state index in [0.717, 1.165) is 18.7 Å². The minimum absolute atomic E-state index is 0.0214. The van der Waals surface area contributed by atoms with Gasteiger partial charge in [-0.1, -0.05) is 19.3 Å². The number of hydrogen-bond donors (Lipinski definition) is 2. The van der Waals surface area contributed by atoms with Crippen LogP contribution in [0.15, 0.2) is 12.4 Å². The molecule has 0 bridgehead atoms. The summed E-state index contributed by atoms with van der Waals surface area (Å²) in [6, 6.07) is 0.0214. The first-order valence-electron chi connectivity index (χ1n) is 8.03. The van der Waals surface area contributed by atoms with Gasteiger partial charge in [-0.3, -0.25) is 4.79 Å². The topological polar surface area (TPSA) is 78.4 Å². The quantitative estimate of drug-likeness (QED) is 0.835. The molecule has 0 saturated heterocycles. The fraction of sp³-hybridized carbons (Fsp3) is 0.688. The second-order valence-corrected chi connectivity index (χ2v) is 6.14. The lowest BCUT2D eigenvalue weighted by Gasteiger charge is -2.30. The van der Waals surface area contributed by atoms with E-state index in [9.17, 15) is 9.90 Å². The molecule has 1 saturated carbocycles. The van der Waals surface area contributed by atoms with E-state index in [0.29, 0.717) is 18.0 Å². The molecule has 1 aromatic rings. The number of rotatable bonds is 6. The number of nitrogens with zero attached hydrogens (tertiary/aromatic N) is 3. The third-order valence-electron chi connectivity index (χ3n) is 4.30. The highest BCUT2D eigenvalue weighted by Gasteiger charge is 2.25. The van der Waals surface area contributed by atoms with Crippen molar-refractivity contribution >= 4 is 11.7 Å². The predicted octanol–water partition coefficient (Wildman–Crippen LogP) is 1.60. The van der Waals surface area contributed by atoms with Gasteiger partial charge in [-0.05, 0) is 25.2 Å². The van der Waals surface area contributed by atoms with E-state index in [2.05, 4.69) is 15.3 Å². The van der Waals surface area contributed by atoms with Crippen LogP contribution in [0.5, 0.6) is 0 Å². The van der Waals surface area contributed by atoms with Crippen LogP contribution in [0.4, 0.5) is 5.82 Å². The standard InChI is InChI=1S/C16H26N4O2/c1-20(2)15-11-17-14(10-18-15)16(22)19-13(8-9-21)12-6-4-3-5-7-12/h10-13,21H,3-9H2,1-2H3,(H,19,22). The molecule has 2 rings (SSSR count). The number of aliphatic hydroxyl groups is 1. The van der Waals surface area contributed by atoms with Crippen molar-refractivity contribution in [3.05, 3.63) is 18.1 Å². The Kier molecular flexibility index (Phi) is 6.12. The van der Waals surface area contributed by atoms with Crippen molar-refractivity contribution in [1.29, 1.82) is 0 Å². The van der Waals surface area contributed by atoms with Crippen LogP contribution >= 0.6 is 0 Å². The fourth-order valence-electron chi connectivity index (χ4n) is 3.01. The lowest BCUT2D eigenvalue weighted by molar-refractivity contribution is 0.0894. The highest BCUT2D eigenvalue weighted by atomic mass is 16.3. The molecule has 6 heteroatoms. The van der Waals surface area contributed by atoms with Gasteiger partial charge in [0.15, 0.2) is 0 Å². The molecule has 1 unspecified atom stereocenters. The Morgan fingerprint density at radius 3 is 2.59 bits per heavy atom. The molecule has 0 aliphatic heterocycles. The van der Waals surface area contributed by atoms with Gasteiger partial charge in [-0.2, -0.15) is 0 Å². The largest absolute Gasteiger partial charge is 0.396 e. The van der Waals surface area contributed by atoms with Crippen molar-refractivity contribution in [2.24, 2.45) is 5.92 Å². The van der Waals surface area contributed by atoms with Crippen LogP contribution in [0.2, 0.25) is 0 Å². The van der Waals surface area contributed by atoms with Crippen LogP contribution < -0.4 is 10.2 Å². The lowest BCUT2D eigenvalue weighted by atomic mass is 9.82. The second kappa shape index (κ2) is 8.08. The first-order valence-corrected chi connectivity index (χ1v) is 8.03. The molecular formula is C16H26N4O2. The fourth-order valence-corrected chi connectivity index (χ4v) is 3.01. The normalized spacial score (nSPS) is 17.0. The second-order valence-electron chi connectivity index (χ2n) is 6.14. The van der Waals surface area contributed by atoms with Gasteiger partial charge in [0, 0.05) is 26.7 Å². The third kappa shape index (κ3) is 4.40. The number of carbonyl (C=O) groups excluding carboxylic acids is 1. The number of nitrogens with one attached hydrogen (secondary N) is 1. The van der Waals surface area contributed by atoms with E-state index in [-0.39, 0.29) is 18.6 Å². The Balaban J connectivity index is 2.00. The molecule has 0 aromatic carbocycles. The van der Waals surface area contributed by atoms with Crippen LogP contribution in [0.3, 0.4) is 0 Å². The maximum absolute atomic E-state index is 12.3. The molecule has 1 aliphatic carbocycles. The summed E-state index contributed by atoms with van der Waals surface area (Å²) >= 11 is 0. The molecule has 1 atom stereocenters. The van der Waals surface area contributed by atoms with Crippen molar-refractivity contribution in [3.8, 4) is 0 Å². The molecule has 22 heavy (non-hydrogen) atoms. The van der Waals surface area contributed by atoms with Crippen LogP contribution in [0, 0.1) is 5.92 Å². The molecule has 1 amide bonds. The Morgan fingerprint density at radius 2 is 2.05 bits per heavy atom. The Morgan fingerprint density at radius 1 is 1.32 bits per heavy atom. The number of aromatic nitrogens is 2. The molecular weight excluding hydrogens is 280 g/mol. The zero-order valence-electron chi connectivity index (χ0n) is 13.5. The van der Waals surface area contributed by atoms with Gasteiger partial charge in [0.1, 0.15) is 11.5 Å². The van der Waals surface area contributed by atoms with Crippen LogP contribution in [-0.4, -0.2) is 47.7 Å². The van der Waals surface area contributed by atoms with Gasteiger partial charge in [0.25, 0.3) is 5.91 Å². The van der Waals surface area contributed by atoms with Crippen molar-refractivity contribution in [3.63, 3.8) is 0 Å². The van der Waals surface area contributed by atoms with Crippen LogP contribution in [-0.2, 0) is 0 Å². The van der Waals surface area contributed by atoms with Gasteiger partial charge < -0.3 is 15.3 Å². The van der Waals surface area contributed by atoms with Crippen molar-refractivity contribution < 1.29 is 9.90 Å². The molecule has 0 radical (unpaired) electrons. The summed E-state index contributed by atoms with van der Waals surface area (Å²) in [6.45, 7) is 0.0900. The van der Waals surface area contributed by atoms with Crippen LogP contribution in [0.1, 0.15) is 49.0 Å². The van der Waals surface area contributed by atoms with Crippen molar-refractivity contribution in [2.75, 3.05) is 25.6 Å². The SMILES string of the molecule is CN(C)c1cnc(C(=O)NC(CCO)C2CCCCC2)cn1. The minimum atomic E-state index is -0.207. The summed E-state index contributed by atoms with van der Waals surface area (Å²) in [5.41, 5.74) is 0.323. The molecule has 1 aliphatic rings. The smallest absolute Gasteiger partial charge is 0.271 e. The summed E-state index contributed by atoms with van der Waals surface area (Å²) in [7, 11) is 3.76. The van der Waals surface area contributed by atoms with E-state index in [1.165, 1.54) is 25.5 Å². The van der Waals surface area contributed by atoms with E-state index >= 15 is 0 Å². The molecule has 1 heterocycles. The lowest BCUT2D eigenvalue weighted by Crippen LogP contribution is -2.42. The van der Waals surface area contributed by atoms with E-state index in [4.69, 9.17) is 0 Å². The van der Waals surface area contributed by atoms with Gasteiger partial charge in [-0.15, -0.1) is 0 Å². The van der Waals surface area contributed by atoms with Crippen molar-refractivity contribution in [1.82, 2.24) is 15.3 Å². The summed E-state index contributed by atoms with van der Waals surface area (Å²) in [6.07, 6.45) is 9.62. The summed E-state index contributed by atoms with van der Waals surface area (Å²) in [4.78, 5) is 22.6. The molecule has 1 aromatic heterocycles. The predicted molar refractivity (Wildman–Crippen MR) is 85.9 cm³/mol. The zero-order chi connectivity index (χ0) is 15.9. The molecule has 6 nitrogen and oxygen atoms in total. The first kappa shape index (κ1) is 16.7. The average molecular weight is 306 g/mol. The highest BCUT2D eigenvalue weighted by Crippen LogP contribution is 2.27. The molecule has 0 spiro atoms. The maximum atomic E-state index is 12.3. The molecule has 1 fully saturated rings. The summed E-state index contributed by atoms with van der Waals surface area (Å²) in [5.74, 6) is 0.969. The average Bonchev–Trinajstić information content (AvgIpc) is 2.55. The third-order valence-corrected chi connectivity index (χ3v) is 4.30. The number of carbonyl (C=O) groups is 1. The summed E-state index contributed by atoms with van der Waals surface area (Å²) in [5, 5.41) is 12.3. The Bertz CT molecular complexity index is 470. The first-order chi connectivity index (χ1) is 10.6. The van der Waals surface area contributed by atoms with E-state index in [1.807, 2.05) is 19.0 Å². The molecule has 2 N–H and O–H groups in total. The van der Waals surface area contributed by atoms with Gasteiger partial charge in [0.05, 0.1) is 12.4 Å². The molecule has 122 valence electrons. The van der Waals surface area contributed by atoms with Crippen LogP contribution in [0.25, 0.3) is 0 Å². The van der Waals surface area contributed by atoms with Gasteiger partial charge >= 0.3 is 0 Å². The Labute approximate surface area is 132 Å². The minimum Gasteiger partial charge on any atom is -0.396 e. The van der Waals surface area contributed by atoms with Gasteiger partial charge in [-0.25, -0.2) is 9.97 Å². The number of amides is 1. The maximum Gasteiger partial charge on any atom is 0.271 e. The monoisotopic (exact) mass is 306 g/mol. The van der Waals surface area contributed by atoms with Crippen molar-refractivity contribution in [2.45, 2.75) is 44.6 Å². The number of aliphatic hydroxyl groups excluding tert-OH is 1. The number of anilines is 1. The number of hydrogen-bond acceptors (Lipinski definition) is 5.